The molecule has 0 spiro atoms. The second-order valence-corrected chi connectivity index (χ2v) is 9.64. The second kappa shape index (κ2) is 6.90. The number of aliphatic carboxylic acids is 1. The molecule has 0 aliphatic heterocycles. The van der Waals surface area contributed by atoms with Gasteiger partial charge < -0.3 is 9.67 Å². The van der Waals surface area contributed by atoms with Gasteiger partial charge in [0.15, 0.2) is 9.84 Å². The lowest BCUT2D eigenvalue weighted by atomic mass is 10.0. The van der Waals surface area contributed by atoms with E-state index in [4.69, 9.17) is 11.6 Å². The smallest absolute Gasteiger partial charge is 0.304 e. The van der Waals surface area contributed by atoms with Gasteiger partial charge in [0.1, 0.15) is 4.90 Å². The molecule has 0 radical (unpaired) electrons. The highest BCUT2D eigenvalue weighted by atomic mass is 35.5. The molecule has 0 bridgehead atoms. The number of carboxylic acids is 1. The van der Waals surface area contributed by atoms with Crippen molar-refractivity contribution in [2.24, 2.45) is 0 Å². The van der Waals surface area contributed by atoms with Crippen molar-refractivity contribution in [2.75, 3.05) is 6.26 Å². The number of sulfone groups is 1. The molecule has 2 aromatic heterocycles. The molecule has 0 saturated heterocycles. The minimum atomic E-state index is -3.50. The summed E-state index contributed by atoms with van der Waals surface area (Å²) in [5.74, 6) is -1.01. The fourth-order valence-electron chi connectivity index (χ4n) is 4.16. The molecule has 1 N–H and O–H groups in total. The number of hydrogen-bond acceptors (Lipinski definition) is 4. The van der Waals surface area contributed by atoms with Crippen molar-refractivity contribution in [1.82, 2.24) is 9.55 Å². The van der Waals surface area contributed by atoms with Crippen LogP contribution in [0.1, 0.15) is 35.6 Å². The number of benzene rings is 1. The van der Waals surface area contributed by atoms with Crippen molar-refractivity contribution in [3.8, 4) is 0 Å². The average molecular weight is 419 g/mol. The summed E-state index contributed by atoms with van der Waals surface area (Å²) < 4.78 is 26.8. The van der Waals surface area contributed by atoms with E-state index in [0.29, 0.717) is 23.5 Å². The Morgan fingerprint density at radius 2 is 2.00 bits per heavy atom. The number of nitrogens with zero attached hydrogens (tertiary/aromatic N) is 2. The SMILES string of the molecule is CS(=O)(=O)c1cncc2c3c(n(Cc4ccc(Cl)cc4)c12)C(CC(=O)O)CC3. The number of pyridine rings is 1. The number of carboxylic acid groups (broad SMARTS) is 1. The van der Waals surface area contributed by atoms with E-state index in [1.807, 2.05) is 16.7 Å². The number of rotatable bonds is 5. The molecule has 1 aliphatic rings. The van der Waals surface area contributed by atoms with Crippen LogP contribution in [0.3, 0.4) is 0 Å². The molecule has 1 atom stereocenters. The van der Waals surface area contributed by atoms with Crippen LogP contribution in [-0.2, 0) is 27.6 Å². The molecule has 28 heavy (non-hydrogen) atoms. The van der Waals surface area contributed by atoms with E-state index in [9.17, 15) is 18.3 Å². The summed E-state index contributed by atoms with van der Waals surface area (Å²) in [5.41, 5.74) is 3.48. The second-order valence-electron chi connectivity index (χ2n) is 7.22. The molecular weight excluding hydrogens is 400 g/mol. The zero-order valence-corrected chi connectivity index (χ0v) is 16.8. The van der Waals surface area contributed by atoms with Gasteiger partial charge in [-0.05, 0) is 36.1 Å². The van der Waals surface area contributed by atoms with Crippen LogP contribution in [0, 0.1) is 0 Å². The fourth-order valence-corrected chi connectivity index (χ4v) is 5.11. The first-order valence-corrected chi connectivity index (χ1v) is 11.2. The van der Waals surface area contributed by atoms with Gasteiger partial charge >= 0.3 is 5.97 Å². The van der Waals surface area contributed by atoms with Gasteiger partial charge in [-0.1, -0.05) is 23.7 Å². The summed E-state index contributed by atoms with van der Waals surface area (Å²) in [6, 6.07) is 7.36. The molecule has 2 heterocycles. The van der Waals surface area contributed by atoms with Crippen LogP contribution in [0.25, 0.3) is 10.9 Å². The minimum Gasteiger partial charge on any atom is -0.481 e. The van der Waals surface area contributed by atoms with Gasteiger partial charge in [-0.3, -0.25) is 9.78 Å². The third-order valence-corrected chi connectivity index (χ3v) is 6.63. The lowest BCUT2D eigenvalue weighted by Gasteiger charge is -2.16. The lowest BCUT2D eigenvalue weighted by molar-refractivity contribution is -0.137. The molecule has 3 aromatic rings. The first-order chi connectivity index (χ1) is 13.3. The highest BCUT2D eigenvalue weighted by Gasteiger charge is 2.33. The normalized spacial score (nSPS) is 16.4. The van der Waals surface area contributed by atoms with Crippen molar-refractivity contribution in [1.29, 1.82) is 0 Å². The number of fused-ring (bicyclic) bond motifs is 3. The van der Waals surface area contributed by atoms with Crippen molar-refractivity contribution >= 4 is 38.3 Å². The van der Waals surface area contributed by atoms with Gasteiger partial charge in [-0.25, -0.2) is 8.42 Å². The molecular formula is C20H19ClN2O4S. The Hall–Kier alpha value is -2.38. The molecule has 6 nitrogen and oxygen atoms in total. The summed E-state index contributed by atoms with van der Waals surface area (Å²) in [4.78, 5) is 15.7. The summed E-state index contributed by atoms with van der Waals surface area (Å²) >= 11 is 5.99. The molecule has 1 aromatic carbocycles. The summed E-state index contributed by atoms with van der Waals surface area (Å²) in [5, 5.41) is 10.8. The number of aromatic nitrogens is 2. The highest BCUT2D eigenvalue weighted by Crippen LogP contribution is 2.43. The van der Waals surface area contributed by atoms with Crippen molar-refractivity contribution in [3.63, 3.8) is 0 Å². The van der Waals surface area contributed by atoms with Gasteiger partial charge in [0.25, 0.3) is 0 Å². The summed E-state index contributed by atoms with van der Waals surface area (Å²) in [6.45, 7) is 0.436. The van der Waals surface area contributed by atoms with Gasteiger partial charge in [0, 0.05) is 47.2 Å². The third-order valence-electron chi connectivity index (χ3n) is 5.28. The Balaban J connectivity index is 1.98. The number of carbonyl (C=O) groups is 1. The number of aryl methyl sites for hydroxylation is 1. The molecule has 0 saturated carbocycles. The Labute approximate surface area is 167 Å². The van der Waals surface area contributed by atoms with Crippen LogP contribution >= 0.6 is 11.6 Å². The molecule has 0 amide bonds. The predicted octanol–water partition coefficient (Wildman–Crippen LogP) is 3.65. The largest absolute Gasteiger partial charge is 0.481 e. The van der Waals surface area contributed by atoms with Crippen LogP contribution < -0.4 is 0 Å². The third kappa shape index (κ3) is 3.29. The maximum absolute atomic E-state index is 12.4. The van der Waals surface area contributed by atoms with Gasteiger partial charge in [0.2, 0.25) is 0 Å². The topological polar surface area (TPSA) is 89.3 Å². The fraction of sp³-hybridized carbons (Fsp3) is 0.300. The predicted molar refractivity (Wildman–Crippen MR) is 107 cm³/mol. The zero-order valence-electron chi connectivity index (χ0n) is 15.2. The summed E-state index contributed by atoms with van der Waals surface area (Å²) in [6.07, 6.45) is 5.69. The van der Waals surface area contributed by atoms with Gasteiger partial charge in [-0.15, -0.1) is 0 Å². The van der Waals surface area contributed by atoms with Crippen LogP contribution in [0.2, 0.25) is 5.02 Å². The Bertz CT molecular complexity index is 1180. The number of hydrogen-bond donors (Lipinski definition) is 1. The van der Waals surface area contributed by atoms with Crippen LogP contribution in [0.15, 0.2) is 41.6 Å². The van der Waals surface area contributed by atoms with E-state index >= 15 is 0 Å². The van der Waals surface area contributed by atoms with Crippen LogP contribution in [-0.4, -0.2) is 35.3 Å². The average Bonchev–Trinajstić information content (AvgIpc) is 3.15. The van der Waals surface area contributed by atoms with E-state index in [1.165, 1.54) is 12.5 Å². The number of halogens is 1. The van der Waals surface area contributed by atoms with Gasteiger partial charge in [-0.2, -0.15) is 0 Å². The molecule has 1 aliphatic carbocycles. The monoisotopic (exact) mass is 418 g/mol. The van der Waals surface area contributed by atoms with Crippen LogP contribution in [0.4, 0.5) is 0 Å². The van der Waals surface area contributed by atoms with Gasteiger partial charge in [0.05, 0.1) is 11.9 Å². The maximum Gasteiger partial charge on any atom is 0.304 e. The van der Waals surface area contributed by atoms with Crippen molar-refractivity contribution in [2.45, 2.75) is 36.6 Å². The van der Waals surface area contributed by atoms with E-state index in [2.05, 4.69) is 4.98 Å². The quantitative estimate of drug-likeness (QED) is 0.683. The van der Waals surface area contributed by atoms with Crippen molar-refractivity contribution < 1.29 is 18.3 Å². The maximum atomic E-state index is 12.4. The molecule has 0 fully saturated rings. The van der Waals surface area contributed by atoms with E-state index < -0.39 is 15.8 Å². The van der Waals surface area contributed by atoms with Crippen LogP contribution in [0.5, 0.6) is 0 Å². The van der Waals surface area contributed by atoms with E-state index in [-0.39, 0.29) is 17.2 Å². The Morgan fingerprint density at radius 1 is 1.29 bits per heavy atom. The standard InChI is InChI=1S/C20H19ClN2O4S/c1-28(26,27)17-10-22-9-16-15-7-4-13(8-18(24)25)19(15)23(20(16)17)11-12-2-5-14(21)6-3-12/h2-3,5-6,9-10,13H,4,7-8,11H2,1H3,(H,24,25). The summed E-state index contributed by atoms with van der Waals surface area (Å²) in [7, 11) is -3.50. The molecule has 146 valence electrons. The Kier molecular flexibility index (Phi) is 4.67. The first kappa shape index (κ1) is 19.0. The lowest BCUT2D eigenvalue weighted by Crippen LogP contribution is -2.12. The zero-order chi connectivity index (χ0) is 20.1. The highest BCUT2D eigenvalue weighted by molar-refractivity contribution is 7.91. The molecule has 8 heteroatoms. The van der Waals surface area contributed by atoms with Crippen molar-refractivity contribution in [3.05, 3.63) is 58.5 Å². The first-order valence-electron chi connectivity index (χ1n) is 8.91. The van der Waals surface area contributed by atoms with E-state index in [0.717, 1.165) is 28.6 Å². The molecule has 1 unspecified atom stereocenters. The Morgan fingerprint density at radius 3 is 2.64 bits per heavy atom. The minimum absolute atomic E-state index is 0.0194. The van der Waals surface area contributed by atoms with E-state index in [1.54, 1.807) is 18.3 Å². The molecule has 4 rings (SSSR count).